The van der Waals surface area contributed by atoms with Gasteiger partial charge in [-0.1, -0.05) is 115 Å². The van der Waals surface area contributed by atoms with Gasteiger partial charge in [0.15, 0.2) is 0 Å². The molecule has 0 fully saturated rings. The summed E-state index contributed by atoms with van der Waals surface area (Å²) < 4.78 is 4.78. The third-order valence-electron chi connectivity index (χ3n) is 8.21. The van der Waals surface area contributed by atoms with Gasteiger partial charge in [-0.25, -0.2) is 4.98 Å². The van der Waals surface area contributed by atoms with Gasteiger partial charge in [0.2, 0.25) is 6.71 Å². The molecule has 8 aromatic rings. The van der Waals surface area contributed by atoms with Crippen molar-refractivity contribution in [2.24, 2.45) is 0 Å². The van der Waals surface area contributed by atoms with E-state index in [-0.39, 0.29) is 6.71 Å². The average Bonchev–Trinajstić information content (AvgIpc) is 3.55. The van der Waals surface area contributed by atoms with Crippen LogP contribution in [0.5, 0.6) is 0 Å². The standard InChI is InChI=1S/C36H26BN3/c1-37(25-13-4-2-5-14-25)33-21-12-22-34(38-33)40-32-20-11-9-18-28(32)30-24-23-29-27-17-8-10-19-31(27)39(35(29)36(30)40)26-15-6-3-7-16-26/h2-24H,1H3. The second kappa shape index (κ2) is 8.99. The summed E-state index contributed by atoms with van der Waals surface area (Å²) in [5.74, 6) is 0.934. The second-order valence-electron chi connectivity index (χ2n) is 10.5. The topological polar surface area (TPSA) is 22.8 Å². The maximum atomic E-state index is 5.31. The highest BCUT2D eigenvalue weighted by Crippen LogP contribution is 2.41. The Balaban J connectivity index is 1.51. The lowest BCUT2D eigenvalue weighted by Crippen LogP contribution is -2.41. The van der Waals surface area contributed by atoms with Crippen molar-refractivity contribution in [1.29, 1.82) is 0 Å². The predicted octanol–water partition coefficient (Wildman–Crippen LogP) is 7.51. The highest BCUT2D eigenvalue weighted by Gasteiger charge is 2.22. The lowest BCUT2D eigenvalue weighted by Gasteiger charge is -2.14. The number of nitrogens with zero attached hydrogens (tertiary/aromatic N) is 3. The Bertz CT molecular complexity index is 2180. The molecule has 0 amide bonds. The van der Waals surface area contributed by atoms with Crippen LogP contribution in [0.1, 0.15) is 0 Å². The zero-order chi connectivity index (χ0) is 26.6. The third kappa shape index (κ3) is 3.36. The Morgan fingerprint density at radius 1 is 0.475 bits per heavy atom. The maximum absolute atomic E-state index is 5.31. The van der Waals surface area contributed by atoms with Gasteiger partial charge in [-0.05, 0) is 36.4 Å². The molecule has 0 aliphatic heterocycles. The van der Waals surface area contributed by atoms with E-state index in [2.05, 4.69) is 155 Å². The van der Waals surface area contributed by atoms with Crippen LogP contribution in [0.2, 0.25) is 6.82 Å². The molecule has 40 heavy (non-hydrogen) atoms. The molecule has 0 spiro atoms. The molecule has 5 aromatic carbocycles. The summed E-state index contributed by atoms with van der Waals surface area (Å²) in [5.41, 5.74) is 8.21. The number of aromatic nitrogens is 3. The van der Waals surface area contributed by atoms with Gasteiger partial charge >= 0.3 is 0 Å². The summed E-state index contributed by atoms with van der Waals surface area (Å²) in [6.45, 7) is 2.42. The number of hydrogen-bond acceptors (Lipinski definition) is 1. The number of fused-ring (bicyclic) bond motifs is 7. The van der Waals surface area contributed by atoms with E-state index in [1.165, 1.54) is 43.6 Å². The molecule has 0 N–H and O–H groups in total. The predicted molar refractivity (Wildman–Crippen MR) is 170 cm³/mol. The van der Waals surface area contributed by atoms with Crippen molar-refractivity contribution in [3.05, 3.63) is 140 Å². The fraction of sp³-hybridized carbons (Fsp3) is 0.0278. The molecule has 8 rings (SSSR count). The molecule has 0 aliphatic carbocycles. The molecule has 0 radical (unpaired) electrons. The Morgan fingerprint density at radius 3 is 1.70 bits per heavy atom. The summed E-state index contributed by atoms with van der Waals surface area (Å²) in [5, 5.41) is 4.95. The minimum atomic E-state index is 0.185. The first-order valence-corrected chi connectivity index (χ1v) is 13.8. The van der Waals surface area contributed by atoms with Crippen molar-refractivity contribution < 1.29 is 0 Å². The first kappa shape index (κ1) is 22.9. The summed E-state index contributed by atoms with van der Waals surface area (Å²) in [6, 6.07) is 49.7. The van der Waals surface area contributed by atoms with Gasteiger partial charge in [0, 0.05) is 32.8 Å². The van der Waals surface area contributed by atoms with Gasteiger partial charge in [-0.2, -0.15) is 0 Å². The lowest BCUT2D eigenvalue weighted by atomic mass is 9.44. The molecule has 3 aromatic heterocycles. The van der Waals surface area contributed by atoms with E-state index in [0.717, 1.165) is 22.6 Å². The summed E-state index contributed by atoms with van der Waals surface area (Å²) in [4.78, 5) is 5.31. The average molecular weight is 511 g/mol. The van der Waals surface area contributed by atoms with Crippen molar-refractivity contribution in [3.63, 3.8) is 0 Å². The fourth-order valence-electron chi connectivity index (χ4n) is 6.30. The van der Waals surface area contributed by atoms with Crippen LogP contribution in [0, 0.1) is 0 Å². The number of para-hydroxylation sites is 3. The summed E-state index contributed by atoms with van der Waals surface area (Å²) in [7, 11) is 0. The SMILES string of the molecule is CB(c1ccccc1)c1cccc(-n2c3ccccc3c3ccc4c5ccccc5n(-c5ccccc5)c4c32)n1. The smallest absolute Gasteiger partial charge is 0.230 e. The molecule has 188 valence electrons. The zero-order valence-corrected chi connectivity index (χ0v) is 22.2. The molecule has 0 bridgehead atoms. The van der Waals surface area contributed by atoms with Gasteiger partial charge in [0.05, 0.1) is 22.1 Å². The van der Waals surface area contributed by atoms with E-state index in [4.69, 9.17) is 4.98 Å². The van der Waals surface area contributed by atoms with Gasteiger partial charge in [0.1, 0.15) is 5.82 Å². The van der Waals surface area contributed by atoms with Crippen molar-refractivity contribution in [1.82, 2.24) is 14.1 Å². The van der Waals surface area contributed by atoms with Crippen molar-refractivity contribution in [2.45, 2.75) is 6.82 Å². The highest BCUT2D eigenvalue weighted by molar-refractivity contribution is 6.83. The summed E-state index contributed by atoms with van der Waals surface area (Å²) in [6.07, 6.45) is 0. The number of rotatable bonds is 4. The molecule has 0 unspecified atom stereocenters. The van der Waals surface area contributed by atoms with Crippen LogP contribution < -0.4 is 11.1 Å². The summed E-state index contributed by atoms with van der Waals surface area (Å²) >= 11 is 0. The van der Waals surface area contributed by atoms with E-state index in [9.17, 15) is 0 Å². The quantitative estimate of drug-likeness (QED) is 0.224. The molecule has 4 heteroatoms. The van der Waals surface area contributed by atoms with Crippen molar-refractivity contribution >= 4 is 61.4 Å². The first-order chi connectivity index (χ1) is 19.8. The van der Waals surface area contributed by atoms with Gasteiger partial charge in [0.25, 0.3) is 0 Å². The number of hydrogen-bond donors (Lipinski definition) is 0. The van der Waals surface area contributed by atoms with Crippen LogP contribution in [0.3, 0.4) is 0 Å². The lowest BCUT2D eigenvalue weighted by molar-refractivity contribution is 1.09. The van der Waals surface area contributed by atoms with E-state index in [1.54, 1.807) is 0 Å². The van der Waals surface area contributed by atoms with Gasteiger partial charge < -0.3 is 4.57 Å². The zero-order valence-electron chi connectivity index (χ0n) is 22.2. The largest absolute Gasteiger partial charge is 0.307 e. The molecule has 0 saturated heterocycles. The normalized spacial score (nSPS) is 11.6. The molecule has 3 nitrogen and oxygen atoms in total. The molecule has 0 saturated carbocycles. The molecule has 0 atom stereocenters. The van der Waals surface area contributed by atoms with Crippen LogP contribution in [-0.4, -0.2) is 20.8 Å². The number of pyridine rings is 1. The van der Waals surface area contributed by atoms with Crippen molar-refractivity contribution in [2.75, 3.05) is 0 Å². The minimum absolute atomic E-state index is 0.185. The monoisotopic (exact) mass is 511 g/mol. The third-order valence-corrected chi connectivity index (χ3v) is 8.21. The highest BCUT2D eigenvalue weighted by atomic mass is 15.1. The van der Waals surface area contributed by atoms with Crippen LogP contribution >= 0.6 is 0 Å². The van der Waals surface area contributed by atoms with E-state index < -0.39 is 0 Å². The van der Waals surface area contributed by atoms with Gasteiger partial charge in [-0.15, -0.1) is 0 Å². The van der Waals surface area contributed by atoms with Crippen molar-refractivity contribution in [3.8, 4) is 11.5 Å². The van der Waals surface area contributed by atoms with E-state index in [1.807, 2.05) is 0 Å². The van der Waals surface area contributed by atoms with Crippen LogP contribution in [-0.2, 0) is 0 Å². The van der Waals surface area contributed by atoms with Crippen LogP contribution in [0.4, 0.5) is 0 Å². The fourth-order valence-corrected chi connectivity index (χ4v) is 6.30. The molecular weight excluding hydrogens is 485 g/mol. The molecule has 3 heterocycles. The maximum Gasteiger partial charge on any atom is 0.230 e. The number of benzene rings is 5. The van der Waals surface area contributed by atoms with Crippen LogP contribution in [0.15, 0.2) is 140 Å². The van der Waals surface area contributed by atoms with E-state index in [0.29, 0.717) is 0 Å². The molecule has 0 aliphatic rings. The van der Waals surface area contributed by atoms with E-state index >= 15 is 0 Å². The first-order valence-electron chi connectivity index (χ1n) is 13.8. The second-order valence-corrected chi connectivity index (χ2v) is 10.5. The van der Waals surface area contributed by atoms with Crippen LogP contribution in [0.25, 0.3) is 55.1 Å². The minimum Gasteiger partial charge on any atom is -0.307 e. The van der Waals surface area contributed by atoms with Gasteiger partial charge in [-0.3, -0.25) is 4.57 Å². The molecular formula is C36H26BN3. The Hall–Kier alpha value is -5.09. The Morgan fingerprint density at radius 2 is 1.02 bits per heavy atom. The Labute approximate surface area is 233 Å². The Kier molecular flexibility index (Phi) is 5.14.